The minimum atomic E-state index is -0.407. The predicted octanol–water partition coefficient (Wildman–Crippen LogP) is 5.73. The number of nitrogens with one attached hydrogen (secondary N) is 3. The number of anilines is 1. The third kappa shape index (κ3) is 14.3. The number of ether oxygens (including phenoxy) is 3. The molecule has 0 unspecified atom stereocenters. The molecule has 2 fully saturated rings. The third-order valence-corrected chi connectivity index (χ3v) is 11.1. The molecule has 2 amide bonds. The fourth-order valence-electron chi connectivity index (χ4n) is 6.78. The molecule has 286 valence electrons. The first-order chi connectivity index (χ1) is 24.8. The summed E-state index contributed by atoms with van der Waals surface area (Å²) < 4.78 is 18.4. The molecule has 4 heterocycles. The van der Waals surface area contributed by atoms with Crippen molar-refractivity contribution in [1.82, 2.24) is 30.2 Å². The van der Waals surface area contributed by atoms with Crippen molar-refractivity contribution >= 4 is 46.8 Å². The first-order valence-electron chi connectivity index (χ1n) is 19.2. The average molecular weight is 734 g/mol. The Bertz CT molecular complexity index is 1420. The lowest BCUT2D eigenvalue weighted by atomic mass is 10.0. The molecule has 5 N–H and O–H groups in total. The Kier molecular flexibility index (Phi) is 17.9. The minimum absolute atomic E-state index is 0.00752. The molecule has 14 nitrogen and oxygen atoms in total. The fourth-order valence-corrected chi connectivity index (χ4v) is 8.32. The van der Waals surface area contributed by atoms with E-state index in [2.05, 4.69) is 32.5 Å². The van der Waals surface area contributed by atoms with Gasteiger partial charge in [-0.25, -0.2) is 9.78 Å². The number of urea groups is 1. The highest BCUT2D eigenvalue weighted by molar-refractivity contribution is 8.00. The van der Waals surface area contributed by atoms with Gasteiger partial charge in [-0.1, -0.05) is 71.1 Å². The van der Waals surface area contributed by atoms with Crippen LogP contribution in [0.2, 0.25) is 0 Å². The number of aromatic nitrogens is 4. The van der Waals surface area contributed by atoms with Gasteiger partial charge in [0.05, 0.1) is 25.0 Å². The van der Waals surface area contributed by atoms with Crippen LogP contribution in [0.3, 0.4) is 0 Å². The maximum atomic E-state index is 12.7. The summed E-state index contributed by atoms with van der Waals surface area (Å²) in [6, 6.07) is 0.406. The van der Waals surface area contributed by atoms with E-state index in [1.54, 1.807) is 4.57 Å². The van der Waals surface area contributed by atoms with E-state index in [-0.39, 0.29) is 67.6 Å². The molecule has 0 saturated carbocycles. The molecular weight excluding hydrogens is 675 g/mol. The lowest BCUT2D eigenvalue weighted by molar-refractivity contribution is -0.150. The van der Waals surface area contributed by atoms with Gasteiger partial charge in [-0.3, -0.25) is 23.9 Å². The molecule has 2 saturated heterocycles. The van der Waals surface area contributed by atoms with E-state index in [1.807, 2.05) is 11.8 Å². The van der Waals surface area contributed by atoms with E-state index in [4.69, 9.17) is 19.9 Å². The van der Waals surface area contributed by atoms with Crippen molar-refractivity contribution < 1.29 is 28.6 Å². The van der Waals surface area contributed by atoms with Gasteiger partial charge in [-0.2, -0.15) is 16.7 Å². The Labute approximate surface area is 305 Å². The van der Waals surface area contributed by atoms with Crippen molar-refractivity contribution in [2.24, 2.45) is 0 Å². The zero-order chi connectivity index (χ0) is 36.3. The number of hydrogen-bond acceptors (Lipinski definition) is 11. The van der Waals surface area contributed by atoms with Crippen LogP contribution < -0.4 is 21.9 Å². The summed E-state index contributed by atoms with van der Waals surface area (Å²) >= 11 is 1.92. The predicted molar refractivity (Wildman–Crippen MR) is 198 cm³/mol. The summed E-state index contributed by atoms with van der Waals surface area (Å²) in [5, 5.41) is 6.45. The van der Waals surface area contributed by atoms with Crippen LogP contribution in [0.5, 0.6) is 0 Å². The van der Waals surface area contributed by atoms with Gasteiger partial charge in [-0.15, -0.1) is 0 Å². The van der Waals surface area contributed by atoms with Crippen LogP contribution in [-0.2, 0) is 30.5 Å². The standard InChI is InChI=1S/C36H59N7O7S/c1-2-3-4-11-16-26(50-30(45)20-15-14-18-28-31-27(23-51-28)39-36(47)40-31)17-12-9-7-5-6-8-10-13-19-29(44)49-22-21-48-25-43-24-38-32-33(43)41-35(37)42-34(32)46/h24,26-28,31H,2-23,25H2,1H3,(H2,39,40,47)(H3,37,41,42,46)/t26-,27+,28+,31+/m1/s1. The van der Waals surface area contributed by atoms with E-state index in [0.717, 1.165) is 82.8 Å². The number of hydrogen-bond donors (Lipinski definition) is 4. The summed E-state index contributed by atoms with van der Waals surface area (Å²) in [6.07, 6.45) is 20.4. The largest absolute Gasteiger partial charge is 0.463 e. The summed E-state index contributed by atoms with van der Waals surface area (Å²) in [5.74, 6) is 0.678. The molecule has 0 bridgehead atoms. The van der Waals surface area contributed by atoms with Crippen LogP contribution in [0.4, 0.5) is 10.7 Å². The summed E-state index contributed by atoms with van der Waals surface area (Å²) in [6.45, 7) is 2.69. The molecule has 51 heavy (non-hydrogen) atoms. The smallest absolute Gasteiger partial charge is 0.315 e. The lowest BCUT2D eigenvalue weighted by Crippen LogP contribution is -2.36. The number of rotatable bonds is 27. The van der Waals surface area contributed by atoms with Crippen molar-refractivity contribution in [3.8, 4) is 0 Å². The Morgan fingerprint density at radius 1 is 0.922 bits per heavy atom. The minimum Gasteiger partial charge on any atom is -0.463 e. The summed E-state index contributed by atoms with van der Waals surface area (Å²) in [7, 11) is 0. The normalized spacial score (nSPS) is 18.8. The Morgan fingerprint density at radius 3 is 2.37 bits per heavy atom. The molecule has 2 aromatic heterocycles. The maximum Gasteiger partial charge on any atom is 0.315 e. The SMILES string of the molecule is CCCCCC[C@H](CCCCCCCCCCC(=O)OCCOCn1cnc2c(=O)[nH]c(N)nc21)OC(=O)CCCC[C@@H]1SC[C@@H]2NC(=O)N[C@@H]21. The van der Waals surface area contributed by atoms with Gasteiger partial charge >= 0.3 is 18.0 Å². The average Bonchev–Trinajstić information content (AvgIpc) is 3.80. The topological polar surface area (TPSA) is 193 Å². The van der Waals surface area contributed by atoms with Crippen molar-refractivity contribution in [2.75, 3.05) is 24.7 Å². The van der Waals surface area contributed by atoms with Crippen molar-refractivity contribution in [1.29, 1.82) is 0 Å². The zero-order valence-corrected chi connectivity index (χ0v) is 31.2. The van der Waals surface area contributed by atoms with Crippen molar-refractivity contribution in [3.05, 3.63) is 16.7 Å². The number of aromatic amines is 1. The van der Waals surface area contributed by atoms with Gasteiger partial charge in [0.1, 0.15) is 19.4 Å². The number of thioether (sulfide) groups is 1. The number of nitrogens with two attached hydrogens (primary N) is 1. The molecule has 2 aliphatic heterocycles. The van der Waals surface area contributed by atoms with Crippen LogP contribution in [0.15, 0.2) is 11.1 Å². The fraction of sp³-hybridized carbons (Fsp3) is 0.778. The molecule has 0 aromatic carbocycles. The molecule has 15 heteroatoms. The van der Waals surface area contributed by atoms with Crippen LogP contribution in [-0.4, -0.2) is 79.9 Å². The Morgan fingerprint density at radius 2 is 1.61 bits per heavy atom. The second-order valence-electron chi connectivity index (χ2n) is 13.8. The summed E-state index contributed by atoms with van der Waals surface area (Å²) in [5.41, 5.74) is 5.72. The van der Waals surface area contributed by atoms with Gasteiger partial charge in [-0.05, 0) is 44.9 Å². The molecule has 0 aliphatic carbocycles. The van der Waals surface area contributed by atoms with Crippen LogP contribution in [0.1, 0.15) is 129 Å². The number of carbonyl (C=O) groups excluding carboxylic acids is 3. The highest BCUT2D eigenvalue weighted by atomic mass is 32.2. The van der Waals surface area contributed by atoms with E-state index in [1.165, 1.54) is 38.4 Å². The van der Waals surface area contributed by atoms with E-state index in [9.17, 15) is 19.2 Å². The number of nitrogens with zero attached hydrogens (tertiary/aromatic N) is 3. The first-order valence-corrected chi connectivity index (χ1v) is 20.2. The highest BCUT2D eigenvalue weighted by Crippen LogP contribution is 2.33. The molecule has 2 aliphatic rings. The Balaban J connectivity index is 0.964. The number of unbranched alkanes of at least 4 members (excludes halogenated alkanes) is 11. The number of H-pyrrole nitrogens is 1. The number of carbonyl (C=O) groups is 3. The molecule has 4 atom stereocenters. The maximum absolute atomic E-state index is 12.7. The van der Waals surface area contributed by atoms with E-state index >= 15 is 0 Å². The molecule has 0 spiro atoms. The van der Waals surface area contributed by atoms with Crippen LogP contribution in [0, 0.1) is 0 Å². The van der Waals surface area contributed by atoms with E-state index in [0.29, 0.717) is 23.7 Å². The zero-order valence-electron chi connectivity index (χ0n) is 30.3. The number of amides is 2. The van der Waals surface area contributed by atoms with Gasteiger partial charge in [0.15, 0.2) is 11.2 Å². The van der Waals surface area contributed by atoms with E-state index < -0.39 is 5.56 Å². The summed E-state index contributed by atoms with van der Waals surface area (Å²) in [4.78, 5) is 58.7. The molecule has 4 rings (SSSR count). The molecule has 2 aromatic rings. The van der Waals surface area contributed by atoms with Crippen molar-refractivity contribution in [2.45, 2.75) is 159 Å². The quantitative estimate of drug-likeness (QED) is 0.0498. The number of esters is 2. The van der Waals surface area contributed by atoms with Crippen molar-refractivity contribution in [3.63, 3.8) is 0 Å². The van der Waals surface area contributed by atoms with Gasteiger partial charge < -0.3 is 30.6 Å². The second kappa shape index (κ2) is 22.6. The van der Waals surface area contributed by atoms with Crippen LogP contribution in [0.25, 0.3) is 11.2 Å². The molecular formula is C36H59N7O7S. The Hall–Kier alpha value is -3.33. The number of nitrogen functional groups attached to an aromatic ring is 1. The first kappa shape index (κ1) is 40.4. The van der Waals surface area contributed by atoms with Gasteiger partial charge in [0.2, 0.25) is 5.95 Å². The molecule has 0 radical (unpaired) electrons. The number of fused-ring (bicyclic) bond motifs is 2. The second-order valence-corrected chi connectivity index (χ2v) is 15.1. The monoisotopic (exact) mass is 733 g/mol. The van der Waals surface area contributed by atoms with Crippen LogP contribution >= 0.6 is 11.8 Å². The van der Waals surface area contributed by atoms with Gasteiger partial charge in [0, 0.05) is 23.8 Å². The van der Waals surface area contributed by atoms with Gasteiger partial charge in [0.25, 0.3) is 5.56 Å². The lowest BCUT2D eigenvalue weighted by Gasteiger charge is -2.19. The number of imidazole rings is 1. The highest BCUT2D eigenvalue weighted by Gasteiger charge is 2.42. The third-order valence-electron chi connectivity index (χ3n) is 9.61.